The second kappa shape index (κ2) is 5.96. The van der Waals surface area contributed by atoms with Crippen LogP contribution >= 0.6 is 0 Å². The Bertz CT molecular complexity index is 917. The van der Waals surface area contributed by atoms with Gasteiger partial charge in [0.1, 0.15) is 11.6 Å². The van der Waals surface area contributed by atoms with Gasteiger partial charge in [0.05, 0.1) is 11.1 Å². The number of hydrogen-bond donors (Lipinski definition) is 1. The van der Waals surface area contributed by atoms with Crippen LogP contribution in [0.25, 0.3) is 0 Å². The van der Waals surface area contributed by atoms with Crippen LogP contribution in [0.2, 0.25) is 0 Å². The Labute approximate surface area is 137 Å². The van der Waals surface area contributed by atoms with E-state index in [1.165, 1.54) is 16.7 Å². The summed E-state index contributed by atoms with van der Waals surface area (Å²) in [6.07, 6.45) is 0. The van der Waals surface area contributed by atoms with Gasteiger partial charge in [-0.2, -0.15) is 0 Å². The molecule has 24 heavy (non-hydrogen) atoms. The first-order valence-corrected chi connectivity index (χ1v) is 7.35. The Balaban J connectivity index is 2.02. The molecule has 1 aliphatic heterocycles. The van der Waals surface area contributed by atoms with Crippen molar-refractivity contribution in [3.63, 3.8) is 0 Å². The standard InChI is InChI=1S/C18H14F2N2O2/c1-10-7-12(3-5-14(10)19)17-21-18(22(17)9-16(23)24)13-4-6-15(20)11(2)8-13/h3-8H,9H2,1-2H3/p+1. The average molecular weight is 329 g/mol. The van der Waals surface area contributed by atoms with E-state index in [4.69, 9.17) is 5.11 Å². The number of aliphatic imine (C=N–C) groups is 1. The first kappa shape index (κ1) is 16.0. The molecule has 2 aromatic carbocycles. The van der Waals surface area contributed by atoms with Crippen molar-refractivity contribution in [1.29, 1.82) is 0 Å². The van der Waals surface area contributed by atoms with Gasteiger partial charge in [-0.05, 0) is 61.4 Å². The lowest BCUT2D eigenvalue weighted by Crippen LogP contribution is -2.40. The maximum absolute atomic E-state index is 13.4. The Morgan fingerprint density at radius 3 is 2.12 bits per heavy atom. The van der Waals surface area contributed by atoms with Crippen molar-refractivity contribution in [3.05, 3.63) is 70.3 Å². The molecular weight excluding hydrogens is 314 g/mol. The van der Waals surface area contributed by atoms with Crippen molar-refractivity contribution in [1.82, 2.24) is 0 Å². The van der Waals surface area contributed by atoms with Gasteiger partial charge < -0.3 is 5.11 Å². The number of carboxylic acid groups (broad SMARTS) is 1. The zero-order chi connectivity index (χ0) is 17.4. The van der Waals surface area contributed by atoms with Crippen molar-refractivity contribution in [3.8, 4) is 0 Å². The predicted octanol–water partition coefficient (Wildman–Crippen LogP) is 2.89. The van der Waals surface area contributed by atoms with Crippen molar-refractivity contribution in [2.45, 2.75) is 13.8 Å². The van der Waals surface area contributed by atoms with E-state index in [1.807, 2.05) is 0 Å². The molecule has 1 N–H and O–H groups in total. The summed E-state index contributed by atoms with van der Waals surface area (Å²) in [4.78, 5) is 15.6. The van der Waals surface area contributed by atoms with Crippen LogP contribution < -0.4 is 0 Å². The molecular formula is C18H15F2N2O2+. The molecule has 2 aromatic rings. The van der Waals surface area contributed by atoms with Gasteiger partial charge in [-0.1, -0.05) is 4.99 Å². The largest absolute Gasteiger partial charge is 0.479 e. The summed E-state index contributed by atoms with van der Waals surface area (Å²) in [6.45, 7) is 2.99. The van der Waals surface area contributed by atoms with E-state index in [0.29, 0.717) is 33.9 Å². The third-order valence-electron chi connectivity index (χ3n) is 3.85. The molecule has 6 heteroatoms. The molecule has 0 unspecified atom stereocenters. The second-order valence-corrected chi connectivity index (χ2v) is 5.67. The predicted molar refractivity (Wildman–Crippen MR) is 85.7 cm³/mol. The van der Waals surface area contributed by atoms with E-state index in [1.54, 1.807) is 38.1 Å². The van der Waals surface area contributed by atoms with Crippen LogP contribution in [0.5, 0.6) is 0 Å². The van der Waals surface area contributed by atoms with E-state index >= 15 is 0 Å². The fourth-order valence-electron chi connectivity index (χ4n) is 2.57. The Kier molecular flexibility index (Phi) is 3.97. The van der Waals surface area contributed by atoms with Crippen molar-refractivity contribution in [2.24, 2.45) is 4.99 Å². The molecule has 0 aromatic heterocycles. The van der Waals surface area contributed by atoms with E-state index in [2.05, 4.69) is 4.99 Å². The number of carboxylic acids is 1. The minimum Gasteiger partial charge on any atom is -0.479 e. The monoisotopic (exact) mass is 329 g/mol. The van der Waals surface area contributed by atoms with Gasteiger partial charge in [-0.25, -0.2) is 18.2 Å². The van der Waals surface area contributed by atoms with Crippen molar-refractivity contribution < 1.29 is 23.3 Å². The highest BCUT2D eigenvalue weighted by Crippen LogP contribution is 2.19. The minimum atomic E-state index is -1.02. The number of halogens is 2. The molecule has 0 atom stereocenters. The summed E-state index contributed by atoms with van der Waals surface area (Å²) in [7, 11) is 0. The third kappa shape index (κ3) is 2.82. The number of aryl methyl sites for hydroxylation is 2. The van der Waals surface area contributed by atoms with E-state index in [0.717, 1.165) is 0 Å². The highest BCUT2D eigenvalue weighted by atomic mass is 19.1. The number of hydrogen-bond acceptors (Lipinski definition) is 2. The zero-order valence-corrected chi connectivity index (χ0v) is 13.2. The van der Waals surface area contributed by atoms with Gasteiger partial charge in [-0.3, -0.25) is 0 Å². The fourth-order valence-corrected chi connectivity index (χ4v) is 2.57. The topological polar surface area (TPSA) is 52.7 Å². The Morgan fingerprint density at radius 2 is 1.58 bits per heavy atom. The van der Waals surface area contributed by atoms with Gasteiger partial charge in [-0.15, -0.1) is 0 Å². The molecule has 0 aliphatic carbocycles. The summed E-state index contributed by atoms with van der Waals surface area (Å²) in [6, 6.07) is 9.01. The summed E-state index contributed by atoms with van der Waals surface area (Å²) in [5.41, 5.74) is 2.18. The molecule has 1 aliphatic rings. The molecule has 0 bridgehead atoms. The maximum atomic E-state index is 13.4. The maximum Gasteiger partial charge on any atom is 0.338 e. The van der Waals surface area contributed by atoms with Crippen LogP contribution in [0.4, 0.5) is 8.78 Å². The SMILES string of the molecule is Cc1cc(C2=NC(c3ccc(F)c(C)c3)=[N+]2CC(=O)O)ccc1F. The third-order valence-corrected chi connectivity index (χ3v) is 3.85. The van der Waals surface area contributed by atoms with Gasteiger partial charge in [0, 0.05) is 0 Å². The number of amidine groups is 2. The van der Waals surface area contributed by atoms with Gasteiger partial charge >= 0.3 is 5.97 Å². The van der Waals surface area contributed by atoms with Crippen molar-refractivity contribution in [2.75, 3.05) is 6.54 Å². The molecule has 0 radical (unpaired) electrons. The minimum absolute atomic E-state index is 0.277. The fraction of sp³-hybridized carbons (Fsp3) is 0.167. The number of aliphatic carboxylic acids is 1. The van der Waals surface area contributed by atoms with E-state index in [-0.39, 0.29) is 18.2 Å². The number of rotatable bonds is 4. The van der Waals surface area contributed by atoms with E-state index in [9.17, 15) is 13.6 Å². The first-order chi connectivity index (χ1) is 11.4. The summed E-state index contributed by atoms with van der Waals surface area (Å²) in [5.74, 6) is -0.767. The lowest BCUT2D eigenvalue weighted by Gasteiger charge is -2.18. The van der Waals surface area contributed by atoms with Crippen LogP contribution in [0, 0.1) is 25.5 Å². The molecule has 0 saturated heterocycles. The van der Waals surface area contributed by atoms with Gasteiger partial charge in [0.15, 0.2) is 6.54 Å². The second-order valence-electron chi connectivity index (χ2n) is 5.67. The molecule has 0 spiro atoms. The lowest BCUT2D eigenvalue weighted by atomic mass is 10.1. The zero-order valence-electron chi connectivity index (χ0n) is 13.2. The molecule has 1 heterocycles. The number of nitrogens with zero attached hydrogens (tertiary/aromatic N) is 2. The average Bonchev–Trinajstić information content (AvgIpc) is 2.51. The highest BCUT2D eigenvalue weighted by Gasteiger charge is 2.33. The lowest BCUT2D eigenvalue weighted by molar-refractivity contribution is -0.410. The Morgan fingerprint density at radius 1 is 1.04 bits per heavy atom. The molecule has 0 saturated carbocycles. The van der Waals surface area contributed by atoms with Crippen LogP contribution in [0.15, 0.2) is 41.4 Å². The molecule has 4 nitrogen and oxygen atoms in total. The normalized spacial score (nSPS) is 13.6. The van der Waals surface area contributed by atoms with Crippen LogP contribution in [0.3, 0.4) is 0 Å². The van der Waals surface area contributed by atoms with Crippen LogP contribution in [-0.2, 0) is 4.79 Å². The summed E-state index contributed by atoms with van der Waals surface area (Å²) >= 11 is 0. The Hall–Kier alpha value is -2.89. The van der Waals surface area contributed by atoms with Crippen molar-refractivity contribution >= 4 is 17.6 Å². The number of benzene rings is 2. The van der Waals surface area contributed by atoms with Gasteiger partial charge in [0.25, 0.3) is 11.7 Å². The molecule has 0 amide bonds. The molecule has 0 fully saturated rings. The van der Waals surface area contributed by atoms with Crippen LogP contribution in [0.1, 0.15) is 22.3 Å². The molecule has 122 valence electrons. The summed E-state index contributed by atoms with van der Waals surface area (Å²) in [5, 5.41) is 9.15. The summed E-state index contributed by atoms with van der Waals surface area (Å²) < 4.78 is 28.4. The van der Waals surface area contributed by atoms with E-state index < -0.39 is 5.97 Å². The first-order valence-electron chi connectivity index (χ1n) is 7.35. The van der Waals surface area contributed by atoms with Gasteiger partial charge in [0.2, 0.25) is 0 Å². The molecule has 3 rings (SSSR count). The van der Waals surface area contributed by atoms with Crippen LogP contribution in [-0.4, -0.2) is 33.9 Å². The quantitative estimate of drug-likeness (QED) is 0.877. The highest BCUT2D eigenvalue weighted by molar-refractivity contribution is 6.15. The smallest absolute Gasteiger partial charge is 0.338 e. The number of carbonyl (C=O) groups is 1.